The van der Waals surface area contributed by atoms with E-state index in [4.69, 9.17) is 4.52 Å². The molecule has 4 rings (SSSR count). The first-order valence-corrected chi connectivity index (χ1v) is 11.4. The van der Waals surface area contributed by atoms with Crippen molar-refractivity contribution < 1.29 is 27.3 Å². The number of benzene rings is 1. The summed E-state index contributed by atoms with van der Waals surface area (Å²) in [6.07, 6.45) is -2.83. The Labute approximate surface area is 195 Å². The fourth-order valence-electron chi connectivity index (χ4n) is 4.57. The molecule has 0 saturated carbocycles. The van der Waals surface area contributed by atoms with Gasteiger partial charge in [0.15, 0.2) is 0 Å². The smallest absolute Gasteiger partial charge is 0.342 e. The van der Waals surface area contributed by atoms with E-state index in [1.807, 2.05) is 11.8 Å². The summed E-state index contributed by atoms with van der Waals surface area (Å²) in [4.78, 5) is 34.7. The number of hydrogen-bond acceptors (Lipinski definition) is 6. The zero-order valence-corrected chi connectivity index (χ0v) is 19.2. The number of halogens is 3. The van der Waals surface area contributed by atoms with E-state index in [1.54, 1.807) is 4.90 Å². The van der Waals surface area contributed by atoms with Crippen molar-refractivity contribution in [2.75, 3.05) is 39.3 Å². The fraction of sp³-hybridized carbons (Fsp3) is 0.565. The summed E-state index contributed by atoms with van der Waals surface area (Å²) in [6, 6.07) is 4.58. The van der Waals surface area contributed by atoms with Crippen molar-refractivity contribution in [3.05, 3.63) is 35.7 Å². The molecular weight excluding hydrogens is 451 g/mol. The minimum atomic E-state index is -4.45. The first-order chi connectivity index (χ1) is 16.1. The van der Waals surface area contributed by atoms with Gasteiger partial charge in [0, 0.05) is 51.8 Å². The van der Waals surface area contributed by atoms with Crippen LogP contribution >= 0.6 is 0 Å². The van der Waals surface area contributed by atoms with Crippen LogP contribution in [0.4, 0.5) is 13.2 Å². The van der Waals surface area contributed by atoms with E-state index < -0.39 is 11.7 Å². The molecule has 1 aromatic carbocycles. The SMILES string of the molecule is CC(=O)N1CCCC(C(=O)N2CCN(C(C)c3nc(-c4cccc(C(F)(F)F)c4)no3)CC2)C1. The molecular formula is C23H28F3N5O3. The Morgan fingerprint density at radius 2 is 1.85 bits per heavy atom. The summed E-state index contributed by atoms with van der Waals surface area (Å²) in [5, 5.41) is 3.87. The highest BCUT2D eigenvalue weighted by Crippen LogP contribution is 2.32. The van der Waals surface area contributed by atoms with Crippen molar-refractivity contribution >= 4 is 11.8 Å². The number of piperazine rings is 1. The molecule has 34 heavy (non-hydrogen) atoms. The van der Waals surface area contributed by atoms with E-state index in [2.05, 4.69) is 15.0 Å². The predicted molar refractivity (Wildman–Crippen MR) is 116 cm³/mol. The highest BCUT2D eigenvalue weighted by molar-refractivity contribution is 5.81. The molecule has 2 aliphatic heterocycles. The van der Waals surface area contributed by atoms with Crippen LogP contribution in [0.1, 0.15) is 44.2 Å². The lowest BCUT2D eigenvalue weighted by Gasteiger charge is -2.40. The lowest BCUT2D eigenvalue weighted by molar-refractivity contribution is -0.142. The maximum atomic E-state index is 13.0. The van der Waals surface area contributed by atoms with Crippen molar-refractivity contribution in [2.24, 2.45) is 5.92 Å². The fourth-order valence-corrected chi connectivity index (χ4v) is 4.57. The molecule has 184 valence electrons. The van der Waals surface area contributed by atoms with Gasteiger partial charge in [-0.05, 0) is 31.9 Å². The molecule has 3 heterocycles. The highest BCUT2D eigenvalue weighted by atomic mass is 19.4. The average molecular weight is 480 g/mol. The van der Waals surface area contributed by atoms with E-state index in [1.165, 1.54) is 19.1 Å². The second-order valence-electron chi connectivity index (χ2n) is 8.88. The van der Waals surface area contributed by atoms with Gasteiger partial charge in [-0.3, -0.25) is 14.5 Å². The molecule has 2 atom stereocenters. The quantitative estimate of drug-likeness (QED) is 0.670. The number of carbonyl (C=O) groups is 2. The Balaban J connectivity index is 1.35. The Hall–Kier alpha value is -2.95. The molecule has 0 spiro atoms. The first-order valence-electron chi connectivity index (χ1n) is 11.4. The largest absolute Gasteiger partial charge is 0.416 e. The summed E-state index contributed by atoms with van der Waals surface area (Å²) in [6.45, 7) is 6.93. The number of alkyl halides is 3. The molecule has 2 saturated heterocycles. The molecule has 2 aromatic rings. The van der Waals surface area contributed by atoms with Gasteiger partial charge >= 0.3 is 6.18 Å². The van der Waals surface area contributed by atoms with Crippen molar-refractivity contribution in [3.8, 4) is 11.4 Å². The Kier molecular flexibility index (Phi) is 6.92. The third-order valence-corrected chi connectivity index (χ3v) is 6.64. The Bertz CT molecular complexity index is 1030. The van der Waals surface area contributed by atoms with Gasteiger partial charge in [-0.1, -0.05) is 17.3 Å². The molecule has 0 aliphatic carbocycles. The van der Waals surface area contributed by atoms with Gasteiger partial charge in [0.25, 0.3) is 0 Å². The number of nitrogens with zero attached hydrogens (tertiary/aromatic N) is 5. The standard InChI is InChI=1S/C23H28F3N5O3/c1-15(21-27-20(28-34-21)17-5-3-7-19(13-17)23(24,25)26)29-9-11-30(12-10-29)22(33)18-6-4-8-31(14-18)16(2)32/h3,5,7,13,15,18H,4,6,8-12,14H2,1-2H3. The van der Waals surface area contributed by atoms with Gasteiger partial charge in [-0.2, -0.15) is 18.2 Å². The number of aromatic nitrogens is 2. The van der Waals surface area contributed by atoms with E-state index in [-0.39, 0.29) is 35.2 Å². The van der Waals surface area contributed by atoms with Gasteiger partial charge in [0.1, 0.15) is 0 Å². The minimum Gasteiger partial charge on any atom is -0.342 e. The summed E-state index contributed by atoms with van der Waals surface area (Å²) >= 11 is 0. The van der Waals surface area contributed by atoms with Gasteiger partial charge in [0.05, 0.1) is 17.5 Å². The van der Waals surface area contributed by atoms with Crippen molar-refractivity contribution in [1.29, 1.82) is 0 Å². The minimum absolute atomic E-state index is 0.000188. The van der Waals surface area contributed by atoms with Crippen LogP contribution in [0.2, 0.25) is 0 Å². The van der Waals surface area contributed by atoms with E-state index in [9.17, 15) is 22.8 Å². The van der Waals surface area contributed by atoms with Crippen molar-refractivity contribution in [2.45, 2.75) is 38.9 Å². The molecule has 2 amide bonds. The molecule has 2 aliphatic rings. The average Bonchev–Trinajstić information content (AvgIpc) is 3.33. The van der Waals surface area contributed by atoms with Crippen LogP contribution in [-0.4, -0.2) is 75.9 Å². The second kappa shape index (κ2) is 9.73. The van der Waals surface area contributed by atoms with Crippen LogP contribution in [0.5, 0.6) is 0 Å². The lowest BCUT2D eigenvalue weighted by Crippen LogP contribution is -2.53. The maximum Gasteiger partial charge on any atom is 0.416 e. The summed E-state index contributed by atoms with van der Waals surface area (Å²) in [5.74, 6) is 0.348. The predicted octanol–water partition coefficient (Wildman–Crippen LogP) is 3.22. The topological polar surface area (TPSA) is 82.8 Å². The monoisotopic (exact) mass is 479 g/mol. The second-order valence-corrected chi connectivity index (χ2v) is 8.88. The number of rotatable bonds is 4. The van der Waals surface area contributed by atoms with Crippen LogP contribution in [0.15, 0.2) is 28.8 Å². The van der Waals surface area contributed by atoms with Gasteiger partial charge < -0.3 is 14.3 Å². The van der Waals surface area contributed by atoms with Gasteiger partial charge in [-0.25, -0.2) is 0 Å². The van der Waals surface area contributed by atoms with Crippen molar-refractivity contribution in [3.63, 3.8) is 0 Å². The number of carbonyl (C=O) groups excluding carboxylic acids is 2. The van der Waals surface area contributed by atoms with Crippen LogP contribution in [0.25, 0.3) is 11.4 Å². The van der Waals surface area contributed by atoms with E-state index in [0.29, 0.717) is 45.2 Å². The summed E-state index contributed by atoms with van der Waals surface area (Å²) < 4.78 is 44.4. The molecule has 0 bridgehead atoms. The summed E-state index contributed by atoms with van der Waals surface area (Å²) in [5.41, 5.74) is -0.533. The zero-order chi connectivity index (χ0) is 24.5. The number of amides is 2. The molecule has 11 heteroatoms. The molecule has 8 nitrogen and oxygen atoms in total. The van der Waals surface area contributed by atoms with E-state index in [0.717, 1.165) is 25.0 Å². The Morgan fingerprint density at radius 3 is 2.53 bits per heavy atom. The molecule has 2 fully saturated rings. The number of piperidine rings is 1. The van der Waals surface area contributed by atoms with Crippen molar-refractivity contribution in [1.82, 2.24) is 24.8 Å². The maximum absolute atomic E-state index is 13.0. The van der Waals surface area contributed by atoms with Gasteiger partial charge in [0.2, 0.25) is 23.5 Å². The molecule has 1 aromatic heterocycles. The third kappa shape index (κ3) is 5.24. The summed E-state index contributed by atoms with van der Waals surface area (Å²) in [7, 11) is 0. The highest BCUT2D eigenvalue weighted by Gasteiger charge is 2.34. The van der Waals surface area contributed by atoms with Crippen LogP contribution in [0.3, 0.4) is 0 Å². The number of hydrogen-bond donors (Lipinski definition) is 0. The number of likely N-dealkylation sites (tertiary alicyclic amines) is 1. The molecule has 0 radical (unpaired) electrons. The lowest BCUT2D eigenvalue weighted by atomic mass is 9.96. The Morgan fingerprint density at radius 1 is 1.12 bits per heavy atom. The molecule has 0 N–H and O–H groups in total. The normalized spacial score (nSPS) is 20.9. The third-order valence-electron chi connectivity index (χ3n) is 6.64. The van der Waals surface area contributed by atoms with Crippen LogP contribution in [-0.2, 0) is 15.8 Å². The van der Waals surface area contributed by atoms with Crippen LogP contribution < -0.4 is 0 Å². The van der Waals surface area contributed by atoms with Crippen LogP contribution in [0, 0.1) is 5.92 Å². The van der Waals surface area contributed by atoms with Gasteiger partial charge in [-0.15, -0.1) is 0 Å². The van der Waals surface area contributed by atoms with E-state index >= 15 is 0 Å². The zero-order valence-electron chi connectivity index (χ0n) is 19.2. The first kappa shape index (κ1) is 24.2. The molecule has 2 unspecified atom stereocenters.